The van der Waals surface area contributed by atoms with Gasteiger partial charge in [0.2, 0.25) is 15.9 Å². The lowest BCUT2D eigenvalue weighted by molar-refractivity contribution is -0.385. The molecule has 0 atom stereocenters. The number of thioether (sulfide) groups is 1. The van der Waals surface area contributed by atoms with E-state index in [0.29, 0.717) is 22.7 Å². The van der Waals surface area contributed by atoms with E-state index in [9.17, 15) is 23.3 Å². The summed E-state index contributed by atoms with van der Waals surface area (Å²) in [7, 11) is -1.99. The van der Waals surface area contributed by atoms with E-state index >= 15 is 0 Å². The summed E-state index contributed by atoms with van der Waals surface area (Å²) < 4.78 is 29.6. The smallest absolute Gasteiger partial charge is 0.311 e. The van der Waals surface area contributed by atoms with Crippen LogP contribution < -0.4 is 14.8 Å². The number of rotatable bonds is 9. The van der Waals surface area contributed by atoms with Crippen molar-refractivity contribution in [3.63, 3.8) is 0 Å². The Labute approximate surface area is 166 Å². The summed E-state index contributed by atoms with van der Waals surface area (Å²) in [6, 6.07) is 10.9. The first kappa shape index (κ1) is 21.5. The van der Waals surface area contributed by atoms with Gasteiger partial charge in [0.1, 0.15) is 0 Å². The maximum Gasteiger partial charge on any atom is 0.311 e. The molecule has 0 aliphatic carbocycles. The van der Waals surface area contributed by atoms with E-state index in [1.54, 1.807) is 30.3 Å². The molecule has 0 bridgehead atoms. The average molecular weight is 425 g/mol. The van der Waals surface area contributed by atoms with Crippen LogP contribution in [-0.2, 0) is 20.6 Å². The number of benzene rings is 2. The van der Waals surface area contributed by atoms with Gasteiger partial charge in [0.25, 0.3) is 0 Å². The van der Waals surface area contributed by atoms with E-state index in [1.165, 1.54) is 31.0 Å². The Bertz CT molecular complexity index is 961. The van der Waals surface area contributed by atoms with Crippen LogP contribution >= 0.6 is 11.8 Å². The summed E-state index contributed by atoms with van der Waals surface area (Å²) in [6.07, 6.45) is 1.05. The third kappa shape index (κ3) is 6.74. The molecule has 2 rings (SSSR count). The molecule has 150 valence electrons. The number of nitrogens with zero attached hydrogens (tertiary/aromatic N) is 1. The molecule has 0 aromatic heterocycles. The first-order valence-corrected chi connectivity index (χ1v) is 11.0. The molecule has 0 unspecified atom stereocenters. The zero-order chi connectivity index (χ0) is 20.7. The van der Waals surface area contributed by atoms with Crippen LogP contribution in [0.3, 0.4) is 0 Å². The van der Waals surface area contributed by atoms with Gasteiger partial charge < -0.3 is 10.1 Å². The highest BCUT2D eigenvalue weighted by atomic mass is 32.2. The molecule has 0 saturated heterocycles. The fraction of sp³-hybridized carbons (Fsp3) is 0.235. The minimum absolute atomic E-state index is 0.118. The minimum Gasteiger partial charge on any atom is -0.490 e. The molecule has 0 fully saturated rings. The Hall–Kier alpha value is -2.79. The quantitative estimate of drug-likeness (QED) is 0.467. The van der Waals surface area contributed by atoms with Gasteiger partial charge in [-0.3, -0.25) is 19.6 Å². The van der Waals surface area contributed by atoms with Crippen molar-refractivity contribution in [2.45, 2.75) is 5.75 Å². The van der Waals surface area contributed by atoms with Crippen molar-refractivity contribution in [3.05, 3.63) is 58.1 Å². The maximum atomic E-state index is 12.0. The largest absolute Gasteiger partial charge is 0.490 e. The molecule has 2 aromatic carbocycles. The second kappa shape index (κ2) is 9.42. The van der Waals surface area contributed by atoms with Crippen molar-refractivity contribution in [1.29, 1.82) is 0 Å². The standard InChI is InChI=1S/C17H19N3O6S2/c1-26-16-8-3-12(9-15(16)20(22)23)10-27-11-17(21)18-13-4-6-14(7-5-13)19-28(2,24)25/h3-9,19H,10-11H2,1-2H3,(H,18,21). The predicted molar refractivity (Wildman–Crippen MR) is 109 cm³/mol. The lowest BCUT2D eigenvalue weighted by Gasteiger charge is -2.08. The van der Waals surface area contributed by atoms with E-state index in [0.717, 1.165) is 6.26 Å². The first-order valence-electron chi connectivity index (χ1n) is 7.94. The Morgan fingerprint density at radius 1 is 1.18 bits per heavy atom. The van der Waals surface area contributed by atoms with E-state index in [2.05, 4.69) is 10.0 Å². The fourth-order valence-electron chi connectivity index (χ4n) is 2.26. The summed E-state index contributed by atoms with van der Waals surface area (Å²) in [6.45, 7) is 0. The van der Waals surface area contributed by atoms with Crippen LogP contribution in [0.1, 0.15) is 5.56 Å². The zero-order valence-electron chi connectivity index (χ0n) is 15.2. The third-order valence-corrected chi connectivity index (χ3v) is 5.02. The third-order valence-electron chi connectivity index (χ3n) is 3.41. The molecule has 0 saturated carbocycles. The topological polar surface area (TPSA) is 128 Å². The molecule has 2 N–H and O–H groups in total. The highest BCUT2D eigenvalue weighted by Gasteiger charge is 2.15. The average Bonchev–Trinajstić information content (AvgIpc) is 2.62. The molecule has 0 aliphatic heterocycles. The van der Waals surface area contributed by atoms with Crippen LogP contribution in [-0.4, -0.2) is 38.4 Å². The van der Waals surface area contributed by atoms with Crippen molar-refractivity contribution < 1.29 is 22.9 Å². The SMILES string of the molecule is COc1ccc(CSCC(=O)Nc2ccc(NS(C)(=O)=O)cc2)cc1[N+](=O)[O-]. The van der Waals surface area contributed by atoms with Gasteiger partial charge in [-0.25, -0.2) is 8.42 Å². The molecule has 0 heterocycles. The number of ether oxygens (including phenoxy) is 1. The molecule has 0 spiro atoms. The summed E-state index contributed by atoms with van der Waals surface area (Å²) in [5, 5.41) is 13.7. The number of nitro groups is 1. The van der Waals surface area contributed by atoms with Gasteiger partial charge in [0.15, 0.2) is 5.75 Å². The number of anilines is 2. The second-order valence-corrected chi connectivity index (χ2v) is 8.49. The number of nitrogens with one attached hydrogen (secondary N) is 2. The molecule has 0 aliphatic rings. The maximum absolute atomic E-state index is 12.0. The highest BCUT2D eigenvalue weighted by Crippen LogP contribution is 2.29. The number of carbonyl (C=O) groups excluding carboxylic acids is 1. The van der Waals surface area contributed by atoms with Gasteiger partial charge in [0.05, 0.1) is 24.0 Å². The summed E-state index contributed by atoms with van der Waals surface area (Å²) in [5.41, 5.74) is 1.52. The van der Waals surface area contributed by atoms with Gasteiger partial charge in [-0.2, -0.15) is 0 Å². The van der Waals surface area contributed by atoms with Crippen molar-refractivity contribution in [2.75, 3.05) is 29.2 Å². The van der Waals surface area contributed by atoms with Gasteiger partial charge >= 0.3 is 5.69 Å². The number of methoxy groups -OCH3 is 1. The first-order chi connectivity index (χ1) is 13.2. The van der Waals surface area contributed by atoms with Crippen LogP contribution in [0.2, 0.25) is 0 Å². The number of carbonyl (C=O) groups is 1. The predicted octanol–water partition coefficient (Wildman–Crippen LogP) is 2.85. The van der Waals surface area contributed by atoms with Crippen molar-refractivity contribution in [3.8, 4) is 5.75 Å². The molecule has 0 radical (unpaired) electrons. The van der Waals surface area contributed by atoms with E-state index in [-0.39, 0.29) is 23.1 Å². The molecular weight excluding hydrogens is 406 g/mol. The summed E-state index contributed by atoms with van der Waals surface area (Å²) >= 11 is 1.31. The molecule has 11 heteroatoms. The Morgan fingerprint density at radius 3 is 2.39 bits per heavy atom. The van der Waals surface area contributed by atoms with Crippen LogP contribution in [0.15, 0.2) is 42.5 Å². The minimum atomic E-state index is -3.36. The number of hydrogen-bond acceptors (Lipinski definition) is 7. The number of nitro benzene ring substituents is 1. The van der Waals surface area contributed by atoms with Crippen LogP contribution in [0, 0.1) is 10.1 Å². The van der Waals surface area contributed by atoms with Crippen molar-refractivity contribution in [2.24, 2.45) is 0 Å². The Balaban J connectivity index is 1.86. The zero-order valence-corrected chi connectivity index (χ0v) is 16.8. The highest BCUT2D eigenvalue weighted by molar-refractivity contribution is 7.99. The van der Waals surface area contributed by atoms with E-state index < -0.39 is 14.9 Å². The Morgan fingerprint density at radius 2 is 1.82 bits per heavy atom. The molecule has 9 nitrogen and oxygen atoms in total. The molecule has 1 amide bonds. The lowest BCUT2D eigenvalue weighted by Crippen LogP contribution is -2.14. The van der Waals surface area contributed by atoms with Crippen LogP contribution in [0.5, 0.6) is 5.75 Å². The normalized spacial score (nSPS) is 10.9. The number of hydrogen-bond donors (Lipinski definition) is 2. The number of sulfonamides is 1. The summed E-state index contributed by atoms with van der Waals surface area (Å²) in [4.78, 5) is 22.5. The molecule has 28 heavy (non-hydrogen) atoms. The van der Waals surface area contributed by atoms with Crippen LogP contribution in [0.4, 0.5) is 17.1 Å². The molecular formula is C17H19N3O6S2. The second-order valence-electron chi connectivity index (χ2n) is 5.76. The monoisotopic (exact) mass is 425 g/mol. The van der Waals surface area contributed by atoms with E-state index in [1.807, 2.05) is 0 Å². The van der Waals surface area contributed by atoms with Gasteiger partial charge in [-0.1, -0.05) is 6.07 Å². The van der Waals surface area contributed by atoms with Gasteiger partial charge in [0, 0.05) is 23.2 Å². The van der Waals surface area contributed by atoms with Crippen LogP contribution in [0.25, 0.3) is 0 Å². The van der Waals surface area contributed by atoms with E-state index in [4.69, 9.17) is 4.74 Å². The van der Waals surface area contributed by atoms with Gasteiger partial charge in [-0.05, 0) is 35.9 Å². The Kier molecular flexibility index (Phi) is 7.24. The van der Waals surface area contributed by atoms with Crippen molar-refractivity contribution in [1.82, 2.24) is 0 Å². The fourth-order valence-corrected chi connectivity index (χ4v) is 3.60. The van der Waals surface area contributed by atoms with Crippen molar-refractivity contribution >= 4 is 44.8 Å². The summed E-state index contributed by atoms with van der Waals surface area (Å²) in [5.74, 6) is 0.528. The molecule has 2 aromatic rings. The van der Waals surface area contributed by atoms with Gasteiger partial charge in [-0.15, -0.1) is 11.8 Å². The number of amides is 1. The lowest BCUT2D eigenvalue weighted by atomic mass is 10.2.